The van der Waals surface area contributed by atoms with E-state index in [2.05, 4.69) is 15.5 Å². The van der Waals surface area contributed by atoms with E-state index in [9.17, 15) is 22.9 Å². The standard InChI is InChI=1S/C25H19Cl2N3O6S.Na/c1-13-19(10-8-18(27)24(13)37(33,34)35)29-30-22-16-6-4-3-5-14(16)11-17(23(22)31)25(32)28-20-9-7-15(26)12-21(20)36-2;/h3-12,31H,1-2H3,(H,28,32)(H,33,34,35);/q;+1/p-1. The number of ether oxygens (including phenoxy) is 1. The molecule has 9 nitrogen and oxygen atoms in total. The van der Waals surface area contributed by atoms with E-state index in [1.165, 1.54) is 38.3 Å². The van der Waals surface area contributed by atoms with Crippen LogP contribution in [0.2, 0.25) is 10.0 Å². The van der Waals surface area contributed by atoms with Crippen LogP contribution >= 0.6 is 23.2 Å². The summed E-state index contributed by atoms with van der Waals surface area (Å²) in [7, 11) is -3.22. The number of halogens is 2. The van der Waals surface area contributed by atoms with E-state index in [1.54, 1.807) is 36.4 Å². The molecule has 0 heterocycles. The quantitative estimate of drug-likeness (QED) is 0.203. The molecule has 4 aromatic carbocycles. The monoisotopic (exact) mass is 581 g/mol. The van der Waals surface area contributed by atoms with Gasteiger partial charge < -0.3 is 15.2 Å². The van der Waals surface area contributed by atoms with Crippen LogP contribution in [0.25, 0.3) is 10.8 Å². The van der Waals surface area contributed by atoms with Gasteiger partial charge in [0.2, 0.25) is 0 Å². The third kappa shape index (κ3) is 6.13. The molecule has 13 heteroatoms. The van der Waals surface area contributed by atoms with E-state index in [1.807, 2.05) is 0 Å². The van der Waals surface area contributed by atoms with Gasteiger partial charge in [-0.25, -0.2) is 0 Å². The summed E-state index contributed by atoms with van der Waals surface area (Å²) in [6, 6.07) is 15.5. The van der Waals surface area contributed by atoms with Gasteiger partial charge in [0, 0.05) is 22.0 Å². The van der Waals surface area contributed by atoms with Crippen LogP contribution in [0.15, 0.2) is 75.8 Å². The average molecular weight is 582 g/mol. The second kappa shape index (κ2) is 12.0. The van der Waals surface area contributed by atoms with E-state index in [-0.39, 0.29) is 57.1 Å². The van der Waals surface area contributed by atoms with Gasteiger partial charge in [0.15, 0.2) is 0 Å². The number of hydrogen-bond acceptors (Lipinski definition) is 7. The Bertz CT molecular complexity index is 1700. The fraction of sp³-hybridized carbons (Fsp3) is 0.0800. The predicted octanol–water partition coefficient (Wildman–Crippen LogP) is 3.46. The number of azo groups is 1. The van der Waals surface area contributed by atoms with Gasteiger partial charge in [0.05, 0.1) is 29.2 Å². The third-order valence-electron chi connectivity index (χ3n) is 5.48. The summed E-state index contributed by atoms with van der Waals surface area (Å²) in [6.07, 6.45) is 0. The van der Waals surface area contributed by atoms with Crippen molar-refractivity contribution in [2.45, 2.75) is 11.8 Å². The van der Waals surface area contributed by atoms with Crippen LogP contribution in [0.4, 0.5) is 17.1 Å². The van der Waals surface area contributed by atoms with Gasteiger partial charge in [-0.3, -0.25) is 9.35 Å². The molecule has 0 fully saturated rings. The number of carbonyl (C=O) groups excluding carboxylic acids is 1. The van der Waals surface area contributed by atoms with Crippen LogP contribution in [-0.4, -0.2) is 26.0 Å². The molecule has 0 atom stereocenters. The summed E-state index contributed by atoms with van der Waals surface area (Å²) in [5, 5.41) is 25.4. The number of anilines is 1. The average Bonchev–Trinajstić information content (AvgIpc) is 2.84. The van der Waals surface area contributed by atoms with Crippen LogP contribution < -0.4 is 44.7 Å². The first kappa shape index (κ1) is 29.9. The van der Waals surface area contributed by atoms with Gasteiger partial charge in [-0.2, -0.15) is 18.6 Å². The maximum Gasteiger partial charge on any atom is 1.00 e. The Labute approximate surface area is 250 Å². The maximum atomic E-state index is 13.4. The number of hydrogen-bond donors (Lipinski definition) is 2. The zero-order chi connectivity index (χ0) is 26.9. The molecule has 0 aliphatic heterocycles. The predicted molar refractivity (Wildman–Crippen MR) is 140 cm³/mol. The summed E-state index contributed by atoms with van der Waals surface area (Å²) in [4.78, 5) is 12.6. The number of nitrogens with zero attached hydrogens (tertiary/aromatic N) is 2. The summed E-state index contributed by atoms with van der Waals surface area (Å²) < 4.78 is 38.3. The Balaban J connectivity index is 0.00000400. The third-order valence-corrected chi connectivity index (χ3v) is 7.18. The molecular weight excluding hydrogens is 564 g/mol. The van der Waals surface area contributed by atoms with Crippen LogP contribution in [0, 0.1) is 6.92 Å². The maximum absolute atomic E-state index is 13.4. The van der Waals surface area contributed by atoms with Crippen molar-refractivity contribution in [2.24, 2.45) is 10.2 Å². The van der Waals surface area contributed by atoms with E-state index in [0.29, 0.717) is 27.2 Å². The number of carbonyl (C=O) groups is 1. The summed E-state index contributed by atoms with van der Waals surface area (Å²) in [5.41, 5.74) is 0.0767. The number of methoxy groups -OCH3 is 1. The molecule has 0 saturated carbocycles. The SMILES string of the molecule is COc1cc(Cl)ccc1NC(=O)c1cc2ccccc2c(N=Nc2ccc(Cl)c(S(=O)(=O)O)c2C)c1[O-].[Na+]. The smallest absolute Gasteiger partial charge is 0.870 e. The summed E-state index contributed by atoms with van der Waals surface area (Å²) in [5.74, 6) is -1.10. The second-order valence-electron chi connectivity index (χ2n) is 7.82. The van der Waals surface area contributed by atoms with Crippen molar-refractivity contribution in [1.82, 2.24) is 0 Å². The van der Waals surface area contributed by atoms with Crippen molar-refractivity contribution in [1.29, 1.82) is 0 Å². The van der Waals surface area contributed by atoms with Gasteiger partial charge in [0.25, 0.3) is 16.0 Å². The molecule has 0 aliphatic rings. The Morgan fingerprint density at radius 3 is 2.45 bits per heavy atom. The van der Waals surface area contributed by atoms with Crippen LogP contribution in [0.5, 0.6) is 11.5 Å². The molecule has 0 bridgehead atoms. The normalized spacial score (nSPS) is 11.4. The minimum absolute atomic E-state index is 0. The Kier molecular flexibility index (Phi) is 9.43. The Morgan fingerprint density at radius 2 is 1.76 bits per heavy atom. The molecule has 2 N–H and O–H groups in total. The first-order chi connectivity index (χ1) is 17.5. The van der Waals surface area contributed by atoms with Gasteiger partial charge in [-0.15, -0.1) is 0 Å². The molecule has 0 radical (unpaired) electrons. The molecule has 0 saturated heterocycles. The minimum atomic E-state index is -4.64. The number of benzene rings is 4. The first-order valence-electron chi connectivity index (χ1n) is 10.6. The van der Waals surface area contributed by atoms with Crippen molar-refractivity contribution in [3.63, 3.8) is 0 Å². The molecule has 0 aromatic heterocycles. The minimum Gasteiger partial charge on any atom is -0.870 e. The van der Waals surface area contributed by atoms with E-state index in [4.69, 9.17) is 27.9 Å². The zero-order valence-electron chi connectivity index (χ0n) is 20.3. The molecule has 0 aliphatic carbocycles. The molecule has 4 rings (SSSR count). The largest absolute Gasteiger partial charge is 1.00 e. The Morgan fingerprint density at radius 1 is 1.05 bits per heavy atom. The zero-order valence-corrected chi connectivity index (χ0v) is 24.6. The molecule has 0 unspecified atom stereocenters. The van der Waals surface area contributed by atoms with Crippen molar-refractivity contribution >= 4 is 67.1 Å². The first-order valence-corrected chi connectivity index (χ1v) is 12.8. The molecule has 190 valence electrons. The van der Waals surface area contributed by atoms with E-state index < -0.39 is 26.7 Å². The summed E-state index contributed by atoms with van der Waals surface area (Å²) >= 11 is 11.9. The second-order valence-corrected chi connectivity index (χ2v) is 10.0. The molecular formula is C25H18Cl2N3NaO6S. The van der Waals surface area contributed by atoms with Gasteiger partial charge in [-0.1, -0.05) is 53.2 Å². The van der Waals surface area contributed by atoms with Crippen LogP contribution in [0.1, 0.15) is 15.9 Å². The molecule has 1 amide bonds. The number of fused-ring (bicyclic) bond motifs is 1. The van der Waals surface area contributed by atoms with E-state index in [0.717, 1.165) is 0 Å². The summed E-state index contributed by atoms with van der Waals surface area (Å²) in [6.45, 7) is 1.39. The molecule has 38 heavy (non-hydrogen) atoms. The number of nitrogens with one attached hydrogen (secondary N) is 1. The van der Waals surface area contributed by atoms with Crippen molar-refractivity contribution in [3.8, 4) is 11.5 Å². The topological polar surface area (TPSA) is 140 Å². The van der Waals surface area contributed by atoms with Crippen LogP contribution in [-0.2, 0) is 10.1 Å². The fourth-order valence-electron chi connectivity index (χ4n) is 3.71. The van der Waals surface area contributed by atoms with Gasteiger partial charge in [0.1, 0.15) is 10.6 Å². The number of rotatable bonds is 6. The fourth-order valence-corrected chi connectivity index (χ4v) is 5.18. The van der Waals surface area contributed by atoms with Gasteiger partial charge >= 0.3 is 29.6 Å². The molecule has 0 spiro atoms. The molecule has 4 aromatic rings. The van der Waals surface area contributed by atoms with Crippen molar-refractivity contribution in [3.05, 3.63) is 81.8 Å². The van der Waals surface area contributed by atoms with Gasteiger partial charge in [-0.05, 0) is 48.2 Å². The van der Waals surface area contributed by atoms with Crippen LogP contribution in [0.3, 0.4) is 0 Å². The van der Waals surface area contributed by atoms with E-state index >= 15 is 0 Å². The van der Waals surface area contributed by atoms with Crippen molar-refractivity contribution < 1.29 is 57.2 Å². The number of amides is 1. The van der Waals surface area contributed by atoms with Crippen molar-refractivity contribution in [2.75, 3.05) is 12.4 Å². The Hall–Kier alpha value is -2.70.